The second-order valence-electron chi connectivity index (χ2n) is 7.11. The molecule has 3 heterocycles. The largest absolute Gasteiger partial charge is 0.439 e. The van der Waals surface area contributed by atoms with Crippen molar-refractivity contribution in [2.45, 2.75) is 19.5 Å². The van der Waals surface area contributed by atoms with Crippen molar-refractivity contribution in [1.82, 2.24) is 14.9 Å². The van der Waals surface area contributed by atoms with Crippen molar-refractivity contribution in [2.75, 3.05) is 11.6 Å². The molecule has 7 nitrogen and oxygen atoms in total. The number of benzene rings is 1. The van der Waals surface area contributed by atoms with Gasteiger partial charge in [0.2, 0.25) is 17.5 Å². The van der Waals surface area contributed by atoms with Gasteiger partial charge in [-0.15, -0.1) is 11.8 Å². The lowest BCUT2D eigenvalue weighted by Gasteiger charge is -2.20. The van der Waals surface area contributed by atoms with Gasteiger partial charge < -0.3 is 9.72 Å². The molecule has 3 aromatic rings. The quantitative estimate of drug-likeness (QED) is 0.511. The zero-order valence-electron chi connectivity index (χ0n) is 17.3. The molecule has 0 radical (unpaired) electrons. The summed E-state index contributed by atoms with van der Waals surface area (Å²) in [5.74, 6) is 2.11. The topological polar surface area (TPSA) is 66.9 Å². The molecule has 2 atom stereocenters. The number of carbonyl (C=O) groups excluding carboxylic acids is 1. The van der Waals surface area contributed by atoms with Crippen LogP contribution in [0.4, 0.5) is 5.69 Å². The summed E-state index contributed by atoms with van der Waals surface area (Å²) in [6.07, 6.45) is 3.62. The first kappa shape index (κ1) is 25.5. The van der Waals surface area contributed by atoms with Crippen LogP contribution in [0.25, 0.3) is 20.6 Å². The number of aromatic nitrogens is 2. The fourth-order valence-electron chi connectivity index (χ4n) is 3.46. The van der Waals surface area contributed by atoms with Gasteiger partial charge in [-0.05, 0) is 42.3 Å². The lowest BCUT2D eigenvalue weighted by Crippen LogP contribution is -2.38. The highest BCUT2D eigenvalue weighted by Crippen LogP contribution is 2.30. The molecule has 10 heteroatoms. The minimum atomic E-state index is -0.352. The van der Waals surface area contributed by atoms with Gasteiger partial charge in [-0.1, -0.05) is 6.92 Å². The predicted molar refractivity (Wildman–Crippen MR) is 137 cm³/mol. The highest BCUT2D eigenvalue weighted by molar-refractivity contribution is 7.99. The van der Waals surface area contributed by atoms with Gasteiger partial charge in [0.1, 0.15) is 5.75 Å². The van der Waals surface area contributed by atoms with E-state index < -0.39 is 0 Å². The van der Waals surface area contributed by atoms with Gasteiger partial charge in [-0.2, -0.15) is 27.0 Å². The zero-order chi connectivity index (χ0) is 21.1. The van der Waals surface area contributed by atoms with Crippen molar-refractivity contribution in [3.63, 3.8) is 0 Å². The molecule has 0 aliphatic carbocycles. The SMILES string of the molecule is S.S.[C-]#[N+]c1ccc(Oc2ccc3[nH]cc(C[C@H](C)C(=O)N4CSC[C@@H]4[N+]#[C-])c3c2)nc1. The molecule has 4 rings (SSSR count). The monoisotopic (exact) mass is 485 g/mol. The fraction of sp³-hybridized carbons (Fsp3) is 0.273. The first-order chi connectivity index (χ1) is 14.6. The molecular weight excluding hydrogens is 462 g/mol. The van der Waals surface area contributed by atoms with Gasteiger partial charge in [-0.25, -0.2) is 16.4 Å². The van der Waals surface area contributed by atoms with E-state index in [1.165, 1.54) is 6.20 Å². The summed E-state index contributed by atoms with van der Waals surface area (Å²) in [6, 6.07) is 9.04. The van der Waals surface area contributed by atoms with E-state index in [1.807, 2.05) is 31.3 Å². The van der Waals surface area contributed by atoms with E-state index in [-0.39, 0.29) is 45.0 Å². The summed E-state index contributed by atoms with van der Waals surface area (Å²) in [6.45, 7) is 16.2. The van der Waals surface area contributed by atoms with E-state index in [9.17, 15) is 4.79 Å². The summed E-state index contributed by atoms with van der Waals surface area (Å²) in [4.78, 5) is 28.8. The summed E-state index contributed by atoms with van der Waals surface area (Å²) >= 11 is 1.62. The van der Waals surface area contributed by atoms with Crippen molar-refractivity contribution in [2.24, 2.45) is 5.92 Å². The van der Waals surface area contributed by atoms with Gasteiger partial charge in [0, 0.05) is 29.2 Å². The van der Waals surface area contributed by atoms with Crippen LogP contribution in [-0.4, -0.2) is 38.6 Å². The van der Waals surface area contributed by atoms with E-state index in [0.29, 0.717) is 35.4 Å². The number of carbonyl (C=O) groups is 1. The number of aromatic amines is 1. The molecule has 32 heavy (non-hydrogen) atoms. The van der Waals surface area contributed by atoms with Crippen molar-refractivity contribution >= 4 is 61.3 Å². The second-order valence-corrected chi connectivity index (χ2v) is 8.11. The normalized spacial score (nSPS) is 15.7. The van der Waals surface area contributed by atoms with Crippen LogP contribution in [0.1, 0.15) is 12.5 Å². The Balaban J connectivity index is 0.00000181. The number of H-pyrrole nitrogens is 1. The standard InChI is InChI=1S/C22H19N5O2S.2H2S/c1-14(22(28)27-13-30-12-20(27)24-3)8-15-10-25-19-6-5-17(9-18(15)19)29-21-7-4-16(23-2)11-26-21;;/h4-7,9-11,14,20,25H,8,12-13H2,1H3;2*1H2/t14-,20+;;/m0../s1. The second kappa shape index (κ2) is 11.2. The van der Waals surface area contributed by atoms with Crippen LogP contribution in [0.15, 0.2) is 42.7 Å². The maximum atomic E-state index is 12.8. The van der Waals surface area contributed by atoms with E-state index in [0.717, 1.165) is 16.5 Å². The number of hydrogen-bond donors (Lipinski definition) is 1. The van der Waals surface area contributed by atoms with E-state index in [1.54, 1.807) is 28.8 Å². The van der Waals surface area contributed by atoms with Crippen LogP contribution < -0.4 is 4.74 Å². The maximum Gasteiger partial charge on any atom is 0.310 e. The van der Waals surface area contributed by atoms with Gasteiger partial charge in [0.15, 0.2) is 0 Å². The molecule has 0 bridgehead atoms. The van der Waals surface area contributed by atoms with Crippen molar-refractivity contribution in [3.05, 3.63) is 71.1 Å². The number of amides is 1. The van der Waals surface area contributed by atoms with Crippen LogP contribution in [0, 0.1) is 19.1 Å². The Hall–Kier alpha value is -2.79. The molecule has 1 aliphatic rings. The van der Waals surface area contributed by atoms with Crippen LogP contribution in [0.3, 0.4) is 0 Å². The Labute approximate surface area is 205 Å². The molecule has 0 unspecified atom stereocenters. The van der Waals surface area contributed by atoms with Crippen LogP contribution in [0.2, 0.25) is 0 Å². The van der Waals surface area contributed by atoms with Gasteiger partial charge in [0.05, 0.1) is 18.2 Å². The average molecular weight is 486 g/mol. The van der Waals surface area contributed by atoms with Crippen molar-refractivity contribution in [1.29, 1.82) is 0 Å². The Morgan fingerprint density at radius 3 is 2.84 bits per heavy atom. The Kier molecular flexibility index (Phi) is 8.90. The Morgan fingerprint density at radius 2 is 2.16 bits per heavy atom. The summed E-state index contributed by atoms with van der Waals surface area (Å²) in [7, 11) is 0. The first-order valence-electron chi connectivity index (χ1n) is 9.45. The van der Waals surface area contributed by atoms with Crippen molar-refractivity contribution in [3.8, 4) is 11.6 Å². The number of thioether (sulfide) groups is 1. The van der Waals surface area contributed by atoms with Crippen LogP contribution in [0.5, 0.6) is 11.6 Å². The third kappa shape index (κ3) is 5.33. The molecule has 0 spiro atoms. The molecule has 1 fully saturated rings. The Morgan fingerprint density at radius 1 is 1.34 bits per heavy atom. The number of fused-ring (bicyclic) bond motifs is 1. The average Bonchev–Trinajstić information content (AvgIpc) is 3.40. The summed E-state index contributed by atoms with van der Waals surface area (Å²) in [5.41, 5.74) is 2.45. The number of nitrogens with zero attached hydrogens (tertiary/aromatic N) is 4. The fourth-order valence-corrected chi connectivity index (χ4v) is 4.53. The lowest BCUT2D eigenvalue weighted by molar-refractivity contribution is -0.134. The van der Waals surface area contributed by atoms with E-state index in [4.69, 9.17) is 17.9 Å². The summed E-state index contributed by atoms with van der Waals surface area (Å²) < 4.78 is 5.83. The van der Waals surface area contributed by atoms with E-state index in [2.05, 4.69) is 19.7 Å². The smallest absolute Gasteiger partial charge is 0.310 e. The number of hydrogen-bond acceptors (Lipinski definition) is 4. The predicted octanol–water partition coefficient (Wildman–Crippen LogP) is 5.09. The Bertz CT molecular complexity index is 1170. The number of nitrogens with one attached hydrogen (secondary N) is 1. The molecule has 1 amide bonds. The molecule has 2 aromatic heterocycles. The van der Waals surface area contributed by atoms with Crippen LogP contribution in [-0.2, 0) is 11.2 Å². The third-order valence-electron chi connectivity index (χ3n) is 5.05. The molecule has 1 aromatic carbocycles. The molecule has 1 saturated heterocycles. The van der Waals surface area contributed by atoms with Gasteiger partial charge >= 0.3 is 6.17 Å². The lowest BCUT2D eigenvalue weighted by atomic mass is 9.99. The first-order valence-corrected chi connectivity index (χ1v) is 10.6. The maximum absolute atomic E-state index is 12.8. The summed E-state index contributed by atoms with van der Waals surface area (Å²) in [5, 5.41) is 0.988. The highest BCUT2D eigenvalue weighted by Gasteiger charge is 2.35. The molecular formula is C22H23N5O2S3. The minimum Gasteiger partial charge on any atom is -0.439 e. The molecule has 1 N–H and O–H groups in total. The number of pyridine rings is 1. The third-order valence-corrected chi connectivity index (χ3v) is 6.04. The van der Waals surface area contributed by atoms with Crippen molar-refractivity contribution < 1.29 is 9.53 Å². The molecule has 1 aliphatic heterocycles. The molecule has 166 valence electrons. The zero-order valence-corrected chi connectivity index (χ0v) is 20.1. The number of rotatable bonds is 5. The minimum absolute atomic E-state index is 0. The van der Waals surface area contributed by atoms with E-state index >= 15 is 0 Å². The van der Waals surface area contributed by atoms with Gasteiger partial charge in [-0.3, -0.25) is 14.5 Å². The van der Waals surface area contributed by atoms with Crippen LogP contribution >= 0.6 is 38.8 Å². The highest BCUT2D eigenvalue weighted by atomic mass is 32.2. The molecule has 0 saturated carbocycles. The number of ether oxygens (including phenoxy) is 1. The van der Waals surface area contributed by atoms with Gasteiger partial charge in [0.25, 0.3) is 0 Å².